The molecule has 102 valence electrons. The number of hydrogen-bond donors (Lipinski definition) is 1. The Kier molecular flexibility index (Phi) is 5.80. The molecule has 1 rings (SSSR count). The molecule has 1 fully saturated rings. The summed E-state index contributed by atoms with van der Waals surface area (Å²) in [7, 11) is 0. The van der Waals surface area contributed by atoms with Crippen LogP contribution in [0.15, 0.2) is 12.7 Å². The number of ether oxygens (including phenoxy) is 2. The summed E-state index contributed by atoms with van der Waals surface area (Å²) >= 11 is 0. The molecule has 0 radical (unpaired) electrons. The Morgan fingerprint density at radius 2 is 2.39 bits per heavy atom. The van der Waals surface area contributed by atoms with Crippen molar-refractivity contribution in [2.75, 3.05) is 26.3 Å². The van der Waals surface area contributed by atoms with Crippen LogP contribution in [-0.2, 0) is 19.1 Å². The van der Waals surface area contributed by atoms with Crippen LogP contribution in [-0.4, -0.2) is 60.4 Å². The average Bonchev–Trinajstić information content (AvgIpc) is 2.38. The molecule has 6 heteroatoms. The van der Waals surface area contributed by atoms with Crippen LogP contribution in [0, 0.1) is 0 Å². The Bertz CT molecular complexity index is 318. The van der Waals surface area contributed by atoms with Gasteiger partial charge in [-0.15, -0.1) is 6.58 Å². The van der Waals surface area contributed by atoms with Crippen LogP contribution in [0.3, 0.4) is 0 Å². The van der Waals surface area contributed by atoms with Crippen LogP contribution in [0.25, 0.3) is 0 Å². The molecule has 0 saturated carbocycles. The molecule has 18 heavy (non-hydrogen) atoms. The third kappa shape index (κ3) is 4.12. The summed E-state index contributed by atoms with van der Waals surface area (Å²) in [6.07, 6.45) is 0.880. The molecule has 1 N–H and O–H groups in total. The lowest BCUT2D eigenvalue weighted by Gasteiger charge is -2.32. The van der Waals surface area contributed by atoms with Crippen molar-refractivity contribution >= 4 is 11.9 Å². The van der Waals surface area contributed by atoms with Crippen LogP contribution < -0.4 is 0 Å². The highest BCUT2D eigenvalue weighted by Crippen LogP contribution is 2.09. The fourth-order valence-electron chi connectivity index (χ4n) is 1.66. The van der Waals surface area contributed by atoms with Crippen molar-refractivity contribution in [1.82, 2.24) is 4.90 Å². The Labute approximate surface area is 106 Å². The van der Waals surface area contributed by atoms with Crippen LogP contribution >= 0.6 is 0 Å². The van der Waals surface area contributed by atoms with Crippen molar-refractivity contribution in [3.05, 3.63) is 12.7 Å². The second kappa shape index (κ2) is 7.13. The minimum atomic E-state index is -1.05. The summed E-state index contributed by atoms with van der Waals surface area (Å²) in [5, 5.41) is 8.84. The zero-order valence-electron chi connectivity index (χ0n) is 10.5. The molecule has 0 aliphatic carbocycles. The van der Waals surface area contributed by atoms with Gasteiger partial charge in [0.1, 0.15) is 6.10 Å². The van der Waals surface area contributed by atoms with E-state index in [0.29, 0.717) is 19.6 Å². The maximum absolute atomic E-state index is 12.0. The summed E-state index contributed by atoms with van der Waals surface area (Å²) in [5.74, 6) is -1.25. The van der Waals surface area contributed by atoms with E-state index in [4.69, 9.17) is 14.6 Å². The van der Waals surface area contributed by atoms with E-state index in [1.54, 1.807) is 13.0 Å². The lowest BCUT2D eigenvalue weighted by molar-refractivity contribution is -0.162. The average molecular weight is 257 g/mol. The lowest BCUT2D eigenvalue weighted by Crippen LogP contribution is -2.51. The highest BCUT2D eigenvalue weighted by Gasteiger charge is 2.31. The number of hydrogen-bond acceptors (Lipinski definition) is 4. The first-order valence-electron chi connectivity index (χ1n) is 5.92. The van der Waals surface area contributed by atoms with E-state index in [-0.39, 0.29) is 19.1 Å². The van der Waals surface area contributed by atoms with Gasteiger partial charge >= 0.3 is 5.97 Å². The van der Waals surface area contributed by atoms with Crippen molar-refractivity contribution in [3.63, 3.8) is 0 Å². The summed E-state index contributed by atoms with van der Waals surface area (Å²) < 4.78 is 10.4. The number of nitrogens with zero attached hydrogens (tertiary/aromatic N) is 1. The third-order valence-electron chi connectivity index (χ3n) is 2.69. The second-order valence-electron chi connectivity index (χ2n) is 4.07. The number of carboxylic acid groups (broad SMARTS) is 1. The number of rotatable bonds is 6. The molecule has 1 amide bonds. The van der Waals surface area contributed by atoms with E-state index in [1.165, 1.54) is 4.90 Å². The molecule has 1 aliphatic heterocycles. The SMILES string of the molecule is C=CCCOC(C)C(=O)N1CCOC(C(=O)O)C1. The minimum Gasteiger partial charge on any atom is -0.479 e. The summed E-state index contributed by atoms with van der Waals surface area (Å²) in [6, 6.07) is 0. The van der Waals surface area contributed by atoms with E-state index in [2.05, 4.69) is 6.58 Å². The monoisotopic (exact) mass is 257 g/mol. The smallest absolute Gasteiger partial charge is 0.334 e. The Hall–Kier alpha value is -1.40. The highest BCUT2D eigenvalue weighted by atomic mass is 16.5. The van der Waals surface area contributed by atoms with Gasteiger partial charge in [-0.25, -0.2) is 4.79 Å². The zero-order valence-corrected chi connectivity index (χ0v) is 10.5. The van der Waals surface area contributed by atoms with Crippen molar-refractivity contribution in [2.45, 2.75) is 25.6 Å². The van der Waals surface area contributed by atoms with E-state index in [9.17, 15) is 9.59 Å². The molecule has 0 aromatic heterocycles. The van der Waals surface area contributed by atoms with Crippen molar-refractivity contribution in [1.29, 1.82) is 0 Å². The molecule has 6 nitrogen and oxygen atoms in total. The van der Waals surface area contributed by atoms with Gasteiger partial charge in [-0.3, -0.25) is 4.79 Å². The first-order valence-corrected chi connectivity index (χ1v) is 5.92. The largest absolute Gasteiger partial charge is 0.479 e. The van der Waals surface area contributed by atoms with Crippen molar-refractivity contribution in [3.8, 4) is 0 Å². The normalized spacial score (nSPS) is 21.4. The molecule has 0 aromatic carbocycles. The number of amides is 1. The van der Waals surface area contributed by atoms with Gasteiger partial charge in [0.05, 0.1) is 19.8 Å². The van der Waals surface area contributed by atoms with E-state index >= 15 is 0 Å². The molecular weight excluding hydrogens is 238 g/mol. The lowest BCUT2D eigenvalue weighted by atomic mass is 10.2. The number of carbonyl (C=O) groups is 2. The molecule has 1 saturated heterocycles. The molecule has 0 aromatic rings. The Balaban J connectivity index is 2.44. The standard InChI is InChI=1S/C12H19NO5/c1-3-4-6-17-9(2)11(14)13-5-7-18-10(8-13)12(15)16/h3,9-10H,1,4-8H2,2H3,(H,15,16). The number of carbonyl (C=O) groups excluding carboxylic acids is 1. The van der Waals surface area contributed by atoms with Gasteiger partial charge in [0, 0.05) is 6.54 Å². The number of carboxylic acids is 1. The van der Waals surface area contributed by atoms with Gasteiger partial charge in [-0.1, -0.05) is 6.08 Å². The van der Waals surface area contributed by atoms with Crippen LogP contribution in [0.4, 0.5) is 0 Å². The highest BCUT2D eigenvalue weighted by molar-refractivity contribution is 5.82. The van der Waals surface area contributed by atoms with Gasteiger partial charge in [0.15, 0.2) is 6.10 Å². The van der Waals surface area contributed by atoms with Gasteiger partial charge in [-0.2, -0.15) is 0 Å². The zero-order chi connectivity index (χ0) is 13.5. The molecule has 0 bridgehead atoms. The van der Waals surface area contributed by atoms with Crippen LogP contribution in [0.2, 0.25) is 0 Å². The predicted molar refractivity (Wildman–Crippen MR) is 64.2 cm³/mol. The quantitative estimate of drug-likeness (QED) is 0.546. The maximum Gasteiger partial charge on any atom is 0.334 e. The first kappa shape index (κ1) is 14.7. The topological polar surface area (TPSA) is 76.1 Å². The molecular formula is C12H19NO5. The molecule has 2 atom stereocenters. The number of morpholine rings is 1. The van der Waals surface area contributed by atoms with Crippen molar-refractivity contribution in [2.24, 2.45) is 0 Å². The fraction of sp³-hybridized carbons (Fsp3) is 0.667. The fourth-order valence-corrected chi connectivity index (χ4v) is 1.66. The van der Waals surface area contributed by atoms with Gasteiger partial charge < -0.3 is 19.5 Å². The predicted octanol–water partition coefficient (Wildman–Crippen LogP) is 0.280. The summed E-state index contributed by atoms with van der Waals surface area (Å²) in [5.41, 5.74) is 0. The van der Waals surface area contributed by atoms with E-state index in [1.807, 2.05) is 0 Å². The van der Waals surface area contributed by atoms with Gasteiger partial charge in [0.25, 0.3) is 5.91 Å². The molecule has 0 spiro atoms. The van der Waals surface area contributed by atoms with Crippen LogP contribution in [0.5, 0.6) is 0 Å². The van der Waals surface area contributed by atoms with Crippen LogP contribution in [0.1, 0.15) is 13.3 Å². The first-order chi connectivity index (χ1) is 8.56. The molecule has 2 unspecified atom stereocenters. The Morgan fingerprint density at radius 3 is 3.00 bits per heavy atom. The van der Waals surface area contributed by atoms with Gasteiger partial charge in [-0.05, 0) is 13.3 Å². The maximum atomic E-state index is 12.0. The third-order valence-corrected chi connectivity index (χ3v) is 2.69. The molecule has 1 heterocycles. The van der Waals surface area contributed by atoms with E-state index in [0.717, 1.165) is 0 Å². The summed E-state index contributed by atoms with van der Waals surface area (Å²) in [4.78, 5) is 24.3. The van der Waals surface area contributed by atoms with Crippen molar-refractivity contribution < 1.29 is 24.2 Å². The number of aliphatic carboxylic acids is 1. The van der Waals surface area contributed by atoms with Gasteiger partial charge in [0.2, 0.25) is 0 Å². The second-order valence-corrected chi connectivity index (χ2v) is 4.07. The molecule has 1 aliphatic rings. The minimum absolute atomic E-state index is 0.0727. The summed E-state index contributed by atoms with van der Waals surface area (Å²) in [6.45, 7) is 6.37. The Morgan fingerprint density at radius 1 is 1.67 bits per heavy atom. The van der Waals surface area contributed by atoms with E-state index < -0.39 is 18.2 Å².